The van der Waals surface area contributed by atoms with Crippen LogP contribution in [0.2, 0.25) is 5.15 Å². The molecule has 0 saturated carbocycles. The molecule has 1 aromatic rings. The predicted octanol–water partition coefficient (Wildman–Crippen LogP) is 2.29. The fraction of sp³-hybridized carbons (Fsp3) is 0.529. The Morgan fingerprint density at radius 2 is 2.00 bits per heavy atom. The first-order valence-electron chi connectivity index (χ1n) is 8.49. The Labute approximate surface area is 154 Å². The summed E-state index contributed by atoms with van der Waals surface area (Å²) in [7, 11) is 0. The quantitative estimate of drug-likeness (QED) is 0.549. The van der Waals surface area contributed by atoms with Gasteiger partial charge >= 0.3 is 6.18 Å². The van der Waals surface area contributed by atoms with Crippen LogP contribution in [0.4, 0.5) is 13.2 Å². The summed E-state index contributed by atoms with van der Waals surface area (Å²) in [5.74, 6) is -0.354. The number of hydrogen-bond donors (Lipinski definition) is 3. The minimum Gasteiger partial charge on any atom is -0.344 e. The normalized spacial score (nSPS) is 27.3. The Bertz CT molecular complexity index is 676. The molecular formula is C17H20ClF3N4O. The molecule has 3 heterocycles. The summed E-state index contributed by atoms with van der Waals surface area (Å²) < 4.78 is 39.4. The number of aromatic nitrogens is 1. The summed E-state index contributed by atoms with van der Waals surface area (Å²) in [6, 6.07) is 0.214. The molecular weight excluding hydrogens is 369 g/mol. The van der Waals surface area contributed by atoms with Gasteiger partial charge in [0.2, 0.25) is 0 Å². The third kappa shape index (κ3) is 4.55. The first-order chi connectivity index (χ1) is 12.3. The Balaban J connectivity index is 1.78. The van der Waals surface area contributed by atoms with Crippen LogP contribution in [0.25, 0.3) is 0 Å². The molecule has 0 bridgehead atoms. The Morgan fingerprint density at radius 3 is 2.65 bits per heavy atom. The summed E-state index contributed by atoms with van der Waals surface area (Å²) in [5, 5.41) is 8.90. The van der Waals surface area contributed by atoms with E-state index in [2.05, 4.69) is 20.9 Å². The molecule has 0 aliphatic carbocycles. The van der Waals surface area contributed by atoms with E-state index in [0.717, 1.165) is 32.0 Å². The zero-order valence-corrected chi connectivity index (χ0v) is 14.6. The largest absolute Gasteiger partial charge is 0.407 e. The van der Waals surface area contributed by atoms with Gasteiger partial charge in [-0.15, -0.1) is 0 Å². The molecule has 0 aromatic carbocycles. The van der Waals surface area contributed by atoms with E-state index in [9.17, 15) is 18.0 Å². The molecule has 0 spiro atoms. The number of nitrogens with zero attached hydrogens (tertiary/aromatic N) is 1. The van der Waals surface area contributed by atoms with Gasteiger partial charge in [0.05, 0.1) is 6.04 Å². The fourth-order valence-corrected chi connectivity index (χ4v) is 3.64. The molecule has 3 atom stereocenters. The molecule has 2 aliphatic rings. The number of carbonyl (C=O) groups excluding carboxylic acids is 1. The maximum Gasteiger partial charge on any atom is 0.407 e. The number of hydrogen-bond acceptors (Lipinski definition) is 4. The maximum absolute atomic E-state index is 13.1. The van der Waals surface area contributed by atoms with Crippen molar-refractivity contribution in [3.05, 3.63) is 41.2 Å². The van der Waals surface area contributed by atoms with Crippen LogP contribution in [-0.4, -0.2) is 48.3 Å². The van der Waals surface area contributed by atoms with Gasteiger partial charge in [0.15, 0.2) is 0 Å². The molecule has 3 N–H and O–H groups in total. The van der Waals surface area contributed by atoms with Gasteiger partial charge in [0.25, 0.3) is 5.91 Å². The second kappa shape index (κ2) is 7.94. The van der Waals surface area contributed by atoms with Crippen LogP contribution >= 0.6 is 11.6 Å². The highest BCUT2D eigenvalue weighted by Gasteiger charge is 2.44. The lowest BCUT2D eigenvalue weighted by molar-refractivity contribution is -0.148. The number of nitrogens with one attached hydrogen (secondary N) is 3. The standard InChI is InChI=1S/C17H20ClF3N4O/c18-14-9-11(5-8-23-14)16(26)24-12-1-2-13(17(19,20)21)25-15(12)10-3-6-22-7-4-10/h1-2,5,8-10,12-13,15,22,25H,3-4,6-7H2,(H,24,26)/t12?,13?,15-/m1/s1. The van der Waals surface area contributed by atoms with E-state index < -0.39 is 30.2 Å². The lowest BCUT2D eigenvalue weighted by Crippen LogP contribution is -2.61. The van der Waals surface area contributed by atoms with Crippen molar-refractivity contribution in [2.45, 2.75) is 37.1 Å². The summed E-state index contributed by atoms with van der Waals surface area (Å²) in [6.45, 7) is 1.51. The summed E-state index contributed by atoms with van der Waals surface area (Å²) >= 11 is 5.80. The van der Waals surface area contributed by atoms with Gasteiger partial charge < -0.3 is 10.6 Å². The van der Waals surface area contributed by atoms with Crippen molar-refractivity contribution in [2.24, 2.45) is 5.92 Å². The molecule has 3 rings (SSSR count). The summed E-state index contributed by atoms with van der Waals surface area (Å²) in [6.07, 6.45) is 1.07. The molecule has 5 nitrogen and oxygen atoms in total. The van der Waals surface area contributed by atoms with Gasteiger partial charge in [-0.1, -0.05) is 23.8 Å². The van der Waals surface area contributed by atoms with Crippen molar-refractivity contribution in [1.29, 1.82) is 0 Å². The van der Waals surface area contributed by atoms with E-state index in [4.69, 9.17) is 11.6 Å². The van der Waals surface area contributed by atoms with Gasteiger partial charge in [0.1, 0.15) is 11.2 Å². The van der Waals surface area contributed by atoms with Crippen molar-refractivity contribution in [3.63, 3.8) is 0 Å². The van der Waals surface area contributed by atoms with E-state index in [-0.39, 0.29) is 11.1 Å². The van der Waals surface area contributed by atoms with Crippen molar-refractivity contribution in [2.75, 3.05) is 13.1 Å². The molecule has 9 heteroatoms. The maximum atomic E-state index is 13.1. The number of alkyl halides is 3. The monoisotopic (exact) mass is 388 g/mol. The van der Waals surface area contributed by atoms with Crippen molar-refractivity contribution >= 4 is 17.5 Å². The lowest BCUT2D eigenvalue weighted by atomic mass is 9.83. The molecule has 26 heavy (non-hydrogen) atoms. The van der Waals surface area contributed by atoms with Crippen LogP contribution in [0, 0.1) is 5.92 Å². The molecule has 1 fully saturated rings. The van der Waals surface area contributed by atoms with Gasteiger partial charge in [-0.2, -0.15) is 13.2 Å². The van der Waals surface area contributed by atoms with E-state index in [1.165, 1.54) is 24.4 Å². The second-order valence-corrected chi connectivity index (χ2v) is 6.94. The Morgan fingerprint density at radius 1 is 1.27 bits per heavy atom. The van der Waals surface area contributed by atoms with E-state index in [1.54, 1.807) is 0 Å². The van der Waals surface area contributed by atoms with Gasteiger partial charge in [-0.25, -0.2) is 4.98 Å². The van der Waals surface area contributed by atoms with Crippen LogP contribution in [-0.2, 0) is 0 Å². The van der Waals surface area contributed by atoms with Crippen molar-refractivity contribution < 1.29 is 18.0 Å². The first-order valence-corrected chi connectivity index (χ1v) is 8.86. The third-order valence-electron chi connectivity index (χ3n) is 4.80. The molecule has 2 unspecified atom stereocenters. The highest BCUT2D eigenvalue weighted by molar-refractivity contribution is 6.29. The SMILES string of the molecule is O=C(NC1C=CC(C(F)(F)F)N[C@@H]1C1CCNCC1)c1ccnc(Cl)c1. The van der Waals surface area contributed by atoms with Crippen LogP contribution in [0.15, 0.2) is 30.5 Å². The molecule has 2 aliphatic heterocycles. The van der Waals surface area contributed by atoms with Gasteiger partial charge in [-0.05, 0) is 44.0 Å². The highest BCUT2D eigenvalue weighted by atomic mass is 35.5. The number of pyridine rings is 1. The van der Waals surface area contributed by atoms with E-state index in [1.807, 2.05) is 0 Å². The topological polar surface area (TPSA) is 66.1 Å². The predicted molar refractivity (Wildman–Crippen MR) is 92.0 cm³/mol. The fourth-order valence-electron chi connectivity index (χ4n) is 3.47. The minimum atomic E-state index is -4.37. The Kier molecular flexibility index (Phi) is 5.84. The molecule has 142 valence electrons. The van der Waals surface area contributed by atoms with Gasteiger partial charge in [-0.3, -0.25) is 10.1 Å². The van der Waals surface area contributed by atoms with Crippen LogP contribution in [0.3, 0.4) is 0 Å². The molecule has 1 amide bonds. The molecule has 1 aromatic heterocycles. The smallest absolute Gasteiger partial charge is 0.344 e. The zero-order chi connectivity index (χ0) is 18.7. The van der Waals surface area contributed by atoms with E-state index in [0.29, 0.717) is 5.56 Å². The van der Waals surface area contributed by atoms with Crippen molar-refractivity contribution in [1.82, 2.24) is 20.9 Å². The number of piperidine rings is 1. The average Bonchev–Trinajstić information content (AvgIpc) is 2.62. The lowest BCUT2D eigenvalue weighted by Gasteiger charge is -2.40. The highest BCUT2D eigenvalue weighted by Crippen LogP contribution is 2.29. The van der Waals surface area contributed by atoms with Crippen LogP contribution < -0.4 is 16.0 Å². The number of carbonyl (C=O) groups is 1. The van der Waals surface area contributed by atoms with Crippen LogP contribution in [0.5, 0.6) is 0 Å². The van der Waals surface area contributed by atoms with Crippen LogP contribution in [0.1, 0.15) is 23.2 Å². The zero-order valence-electron chi connectivity index (χ0n) is 13.9. The third-order valence-corrected chi connectivity index (χ3v) is 5.01. The molecule has 1 saturated heterocycles. The minimum absolute atomic E-state index is 0.0392. The average molecular weight is 389 g/mol. The number of halogens is 4. The summed E-state index contributed by atoms with van der Waals surface area (Å²) in [4.78, 5) is 16.3. The van der Waals surface area contributed by atoms with Gasteiger partial charge in [0, 0.05) is 17.8 Å². The second-order valence-electron chi connectivity index (χ2n) is 6.55. The van der Waals surface area contributed by atoms with E-state index >= 15 is 0 Å². The van der Waals surface area contributed by atoms with Crippen molar-refractivity contribution in [3.8, 4) is 0 Å². The Hall–Kier alpha value is -1.64. The summed E-state index contributed by atoms with van der Waals surface area (Å²) in [5.41, 5.74) is 0.320. The number of rotatable bonds is 3. The number of amides is 1. The molecule has 0 radical (unpaired) electrons. The first kappa shape index (κ1) is 19.1.